The summed E-state index contributed by atoms with van der Waals surface area (Å²) in [5.41, 5.74) is 0. The Labute approximate surface area is 262 Å². The Bertz CT molecular complexity index is 1180. The molecule has 224 valence electrons. The number of halogens is 6. The van der Waals surface area contributed by atoms with Crippen LogP contribution in [0.25, 0.3) is 0 Å². The molecule has 0 atom stereocenters. The van der Waals surface area contributed by atoms with Gasteiger partial charge >= 0.3 is 7.82 Å². The molecule has 20 heteroatoms. The number of carbonyl (C=O) groups excluding carboxylic acids is 6. The van der Waals surface area contributed by atoms with Crippen LogP contribution in [0.1, 0.15) is 38.5 Å². The zero-order valence-electron chi connectivity index (χ0n) is 20.5. The number of hydrogen-bond acceptors (Lipinski definition) is 10. The number of likely N-dealkylation sites (tertiary alicyclic amines) is 3. The molecule has 0 aromatic rings. The van der Waals surface area contributed by atoms with E-state index in [-0.39, 0.29) is 58.2 Å². The lowest BCUT2D eigenvalue weighted by molar-refractivity contribution is -0.141. The maximum atomic E-state index is 14.1. The van der Waals surface area contributed by atoms with Gasteiger partial charge in [0.15, 0.2) is 13.5 Å². The van der Waals surface area contributed by atoms with E-state index in [4.69, 9.17) is 83.2 Å². The highest BCUT2D eigenvalue weighted by molar-refractivity contribution is 7.49. The summed E-state index contributed by atoms with van der Waals surface area (Å²) in [7, 11) is -5.65. The topological polar surface area (TPSA) is 157 Å². The number of phosphoric acid groups is 1. The Balaban J connectivity index is 2.06. The third kappa shape index (κ3) is 7.90. The summed E-state index contributed by atoms with van der Waals surface area (Å²) in [6, 6.07) is 0. The molecular formula is C21H18Cl6N3O10P. The quantitative estimate of drug-likeness (QED) is 0.189. The molecule has 3 aliphatic rings. The maximum absolute atomic E-state index is 14.1. The monoisotopic (exact) mass is 713 g/mol. The average Bonchev–Trinajstić information content (AvgIpc) is 3.64. The number of rotatable bonds is 9. The normalized spacial score (nSPS) is 17.0. The first kappa shape index (κ1) is 33.5. The Morgan fingerprint density at radius 3 is 0.951 bits per heavy atom. The highest BCUT2D eigenvalue weighted by Gasteiger charge is 2.46. The molecule has 6 amide bonds. The lowest BCUT2D eigenvalue weighted by Gasteiger charge is -2.25. The van der Waals surface area contributed by atoms with Crippen LogP contribution in [0.5, 0.6) is 0 Å². The molecule has 0 aromatic heterocycles. The molecule has 0 saturated carbocycles. The SMILES string of the molecule is O=C1CCCN1C(=O)C(OP(=O)(OC(C(=O)N1CCCC1=O)=C(Cl)Cl)OC(C(=O)N1CCCC1=O)=C(Cl)Cl)=C(Cl)Cl. The van der Waals surface area contributed by atoms with Gasteiger partial charge in [0.05, 0.1) is 0 Å². The molecule has 0 spiro atoms. The molecule has 0 N–H and O–H groups in total. The third-order valence-electron chi connectivity index (χ3n) is 5.66. The number of phosphoric ester groups is 1. The minimum atomic E-state index is -5.65. The molecule has 3 saturated heterocycles. The number of amides is 6. The predicted molar refractivity (Wildman–Crippen MR) is 145 cm³/mol. The second kappa shape index (κ2) is 14.0. The Morgan fingerprint density at radius 2 is 0.780 bits per heavy atom. The van der Waals surface area contributed by atoms with Crippen molar-refractivity contribution in [1.29, 1.82) is 0 Å². The second-order valence-corrected chi connectivity index (χ2v) is 12.6. The van der Waals surface area contributed by atoms with Gasteiger partial charge in [0.25, 0.3) is 17.7 Å². The van der Waals surface area contributed by atoms with Crippen molar-refractivity contribution in [3.05, 3.63) is 30.8 Å². The highest BCUT2D eigenvalue weighted by Crippen LogP contribution is 2.57. The highest BCUT2D eigenvalue weighted by atomic mass is 35.5. The van der Waals surface area contributed by atoms with Crippen LogP contribution in [0, 0.1) is 0 Å². The maximum Gasteiger partial charge on any atom is 0.647 e. The number of carbonyl (C=O) groups is 6. The second-order valence-electron chi connectivity index (χ2n) is 8.35. The summed E-state index contributed by atoms with van der Waals surface area (Å²) in [6.45, 7) is -0.250. The van der Waals surface area contributed by atoms with Gasteiger partial charge in [0.2, 0.25) is 35.0 Å². The van der Waals surface area contributed by atoms with Gasteiger partial charge in [-0.2, -0.15) is 4.57 Å². The minimum absolute atomic E-state index is 0.0101. The standard InChI is InChI=1S/C21H18Cl6N3O10P/c22-16(23)13(19(34)28-7-1-4-10(28)31)38-41(37,39-14(17(24)25)20(35)29-8-2-5-11(29)32)40-15(18(26)27)21(36)30-9-3-6-12(30)33/h1-9H2. The van der Waals surface area contributed by atoms with Crippen LogP contribution in [0.4, 0.5) is 0 Å². The summed E-state index contributed by atoms with van der Waals surface area (Å²) in [6.07, 6.45) is 0.811. The molecule has 3 fully saturated rings. The van der Waals surface area contributed by atoms with Gasteiger partial charge in [-0.15, -0.1) is 0 Å². The first-order chi connectivity index (χ1) is 19.2. The van der Waals surface area contributed by atoms with Crippen molar-refractivity contribution in [3.8, 4) is 0 Å². The fourth-order valence-electron chi connectivity index (χ4n) is 3.81. The van der Waals surface area contributed by atoms with Gasteiger partial charge < -0.3 is 13.6 Å². The average molecular weight is 716 g/mol. The van der Waals surface area contributed by atoms with E-state index in [0.29, 0.717) is 14.7 Å². The van der Waals surface area contributed by atoms with Crippen LogP contribution in [0.3, 0.4) is 0 Å². The Morgan fingerprint density at radius 1 is 0.537 bits per heavy atom. The van der Waals surface area contributed by atoms with E-state index in [2.05, 4.69) is 0 Å². The molecule has 41 heavy (non-hydrogen) atoms. The summed E-state index contributed by atoms with van der Waals surface area (Å²) in [5.74, 6) is -9.32. The lowest BCUT2D eigenvalue weighted by Crippen LogP contribution is -2.35. The van der Waals surface area contributed by atoms with E-state index in [0.717, 1.165) is 0 Å². The van der Waals surface area contributed by atoms with Gasteiger partial charge in [-0.25, -0.2) is 0 Å². The number of nitrogens with zero attached hydrogens (tertiary/aromatic N) is 3. The number of imide groups is 3. The van der Waals surface area contributed by atoms with Gasteiger partial charge in [0, 0.05) is 38.9 Å². The molecule has 0 unspecified atom stereocenters. The van der Waals surface area contributed by atoms with Crippen molar-refractivity contribution < 1.29 is 46.9 Å². The van der Waals surface area contributed by atoms with Crippen LogP contribution in [0.2, 0.25) is 0 Å². The van der Waals surface area contributed by atoms with Gasteiger partial charge in [-0.05, 0) is 19.3 Å². The van der Waals surface area contributed by atoms with Crippen molar-refractivity contribution in [2.45, 2.75) is 38.5 Å². The molecule has 3 rings (SSSR count). The largest absolute Gasteiger partial charge is 0.647 e. The van der Waals surface area contributed by atoms with Crippen molar-refractivity contribution in [3.63, 3.8) is 0 Å². The van der Waals surface area contributed by atoms with E-state index in [1.165, 1.54) is 0 Å². The van der Waals surface area contributed by atoms with E-state index in [9.17, 15) is 33.3 Å². The van der Waals surface area contributed by atoms with Crippen LogP contribution in [0.15, 0.2) is 30.8 Å². The summed E-state index contributed by atoms with van der Waals surface area (Å²) in [4.78, 5) is 77.5. The lowest BCUT2D eigenvalue weighted by atomic mass is 10.4. The molecular weight excluding hydrogens is 698 g/mol. The van der Waals surface area contributed by atoms with Gasteiger partial charge in [-0.3, -0.25) is 43.5 Å². The fraction of sp³-hybridized carbons (Fsp3) is 0.429. The van der Waals surface area contributed by atoms with E-state index in [1.54, 1.807) is 0 Å². The number of hydrogen-bond donors (Lipinski definition) is 0. The first-order valence-corrected chi connectivity index (χ1v) is 15.3. The minimum Gasteiger partial charge on any atom is -0.377 e. The Hall–Kier alpha value is -1.99. The van der Waals surface area contributed by atoms with Crippen molar-refractivity contribution in [1.82, 2.24) is 14.7 Å². The smallest absolute Gasteiger partial charge is 0.377 e. The van der Waals surface area contributed by atoms with E-state index >= 15 is 0 Å². The van der Waals surface area contributed by atoms with Crippen LogP contribution >= 0.6 is 77.4 Å². The van der Waals surface area contributed by atoms with Crippen molar-refractivity contribution >= 4 is 113 Å². The molecule has 0 aliphatic carbocycles. The zero-order chi connectivity index (χ0) is 30.6. The van der Waals surface area contributed by atoms with Crippen LogP contribution in [-0.4, -0.2) is 69.8 Å². The van der Waals surface area contributed by atoms with Gasteiger partial charge in [-0.1, -0.05) is 69.6 Å². The van der Waals surface area contributed by atoms with Gasteiger partial charge in [0.1, 0.15) is 0 Å². The van der Waals surface area contributed by atoms with E-state index < -0.39 is 74.0 Å². The van der Waals surface area contributed by atoms with E-state index in [1.807, 2.05) is 0 Å². The van der Waals surface area contributed by atoms with Crippen molar-refractivity contribution in [2.24, 2.45) is 0 Å². The first-order valence-electron chi connectivity index (χ1n) is 11.6. The molecule has 0 bridgehead atoms. The van der Waals surface area contributed by atoms with Crippen molar-refractivity contribution in [2.75, 3.05) is 19.6 Å². The molecule has 13 nitrogen and oxygen atoms in total. The summed E-state index contributed by atoms with van der Waals surface area (Å²) >= 11 is 34.8. The molecule has 3 aliphatic heterocycles. The summed E-state index contributed by atoms with van der Waals surface area (Å²) < 4.78 is 26.5. The molecule has 3 heterocycles. The predicted octanol–water partition coefficient (Wildman–Crippen LogP) is 4.53. The van der Waals surface area contributed by atoms with Crippen LogP contribution in [-0.2, 0) is 46.9 Å². The van der Waals surface area contributed by atoms with Crippen LogP contribution < -0.4 is 0 Å². The zero-order valence-corrected chi connectivity index (χ0v) is 25.9. The molecule has 0 radical (unpaired) electrons. The Kier molecular flexibility index (Phi) is 11.4. The summed E-state index contributed by atoms with van der Waals surface area (Å²) in [5, 5.41) is 0. The third-order valence-corrected chi connectivity index (χ3v) is 7.91. The fourth-order valence-corrected chi connectivity index (χ4v) is 6.14. The molecule has 0 aromatic carbocycles.